The first-order valence-corrected chi connectivity index (χ1v) is 9.11. The van der Waals surface area contributed by atoms with E-state index in [1.54, 1.807) is 0 Å². The van der Waals surface area contributed by atoms with E-state index >= 15 is 0 Å². The molecule has 0 aliphatic rings. The highest BCUT2D eigenvalue weighted by atomic mass is 127. The van der Waals surface area contributed by atoms with Crippen LogP contribution in [0.15, 0.2) is 47.5 Å². The number of carbonyl (C=O) groups excluding carboxylic acids is 1. The molecule has 0 fully saturated rings. The second-order valence-electron chi connectivity index (χ2n) is 6.11. The number of carbonyl (C=O) groups is 1. The molecule has 0 bridgehead atoms. The lowest BCUT2D eigenvalue weighted by Gasteiger charge is -2.14. The van der Waals surface area contributed by atoms with Crippen molar-refractivity contribution in [3.05, 3.63) is 65.5 Å². The van der Waals surface area contributed by atoms with Crippen molar-refractivity contribution in [2.75, 3.05) is 25.0 Å². The molecule has 2 aromatic carbocycles. The third-order valence-corrected chi connectivity index (χ3v) is 3.93. The molecule has 6 nitrogen and oxygen atoms in total. The quantitative estimate of drug-likeness (QED) is 0.181. The molecular formula is C20H24F3IN4O2. The first kappa shape index (κ1) is 25.7. The first-order valence-electron chi connectivity index (χ1n) is 9.11. The largest absolute Gasteiger partial charge is 0.388 e. The summed E-state index contributed by atoms with van der Waals surface area (Å²) in [4.78, 5) is 16.0. The number of hydrogen-bond donors (Lipinski definition) is 4. The van der Waals surface area contributed by atoms with E-state index in [0.29, 0.717) is 25.5 Å². The van der Waals surface area contributed by atoms with Gasteiger partial charge in [-0.25, -0.2) is 18.2 Å². The SMILES string of the molecule is CCNC(=NCC(=O)Nc1ccc(F)c(F)c1F)NCCC(O)c1ccccc1.I. The lowest BCUT2D eigenvalue weighted by molar-refractivity contribution is -0.114. The summed E-state index contributed by atoms with van der Waals surface area (Å²) in [5.74, 6) is -4.83. The van der Waals surface area contributed by atoms with Gasteiger partial charge in [0.15, 0.2) is 23.4 Å². The number of rotatable bonds is 8. The fourth-order valence-corrected chi connectivity index (χ4v) is 2.47. The Hall–Kier alpha value is -2.34. The Morgan fingerprint density at radius 3 is 2.43 bits per heavy atom. The summed E-state index contributed by atoms with van der Waals surface area (Å²) in [6.45, 7) is 2.40. The average molecular weight is 536 g/mol. The van der Waals surface area contributed by atoms with E-state index in [2.05, 4.69) is 20.9 Å². The lowest BCUT2D eigenvalue weighted by atomic mass is 10.1. The predicted molar refractivity (Wildman–Crippen MR) is 120 cm³/mol. The van der Waals surface area contributed by atoms with Crippen molar-refractivity contribution in [2.24, 2.45) is 4.99 Å². The number of benzene rings is 2. The van der Waals surface area contributed by atoms with Gasteiger partial charge in [-0.2, -0.15) is 0 Å². The van der Waals surface area contributed by atoms with E-state index in [0.717, 1.165) is 17.7 Å². The molecular weight excluding hydrogens is 512 g/mol. The summed E-state index contributed by atoms with van der Waals surface area (Å²) >= 11 is 0. The van der Waals surface area contributed by atoms with Crippen LogP contribution in [-0.2, 0) is 4.79 Å². The summed E-state index contributed by atoms with van der Waals surface area (Å²) in [6, 6.07) is 10.8. The second-order valence-corrected chi connectivity index (χ2v) is 6.11. The zero-order chi connectivity index (χ0) is 21.2. The Bertz CT molecular complexity index is 853. The molecule has 4 N–H and O–H groups in total. The standard InChI is InChI=1S/C20H23F3N4O2.HI/c1-2-24-20(25-11-10-16(28)13-6-4-3-5-7-13)26-12-17(29)27-15-9-8-14(21)18(22)19(15)23;/h3-9,16,28H,2,10-12H2,1H3,(H,27,29)(H2,24,25,26);1H. The van der Waals surface area contributed by atoms with Crippen molar-refractivity contribution in [3.63, 3.8) is 0 Å². The van der Waals surface area contributed by atoms with Crippen LogP contribution in [0.4, 0.5) is 18.9 Å². The van der Waals surface area contributed by atoms with Gasteiger partial charge in [-0.15, -0.1) is 24.0 Å². The number of amides is 1. The van der Waals surface area contributed by atoms with Crippen molar-refractivity contribution in [1.82, 2.24) is 10.6 Å². The predicted octanol–water partition coefficient (Wildman–Crippen LogP) is 3.34. The number of nitrogens with zero attached hydrogens (tertiary/aromatic N) is 1. The molecule has 164 valence electrons. The maximum atomic E-state index is 13.6. The Balaban J connectivity index is 0.00000450. The number of hydrogen-bond acceptors (Lipinski definition) is 3. The molecule has 0 aliphatic heterocycles. The molecule has 0 radical (unpaired) electrons. The highest BCUT2D eigenvalue weighted by Crippen LogP contribution is 2.19. The molecule has 0 heterocycles. The van der Waals surface area contributed by atoms with Gasteiger partial charge in [-0.3, -0.25) is 4.79 Å². The van der Waals surface area contributed by atoms with Crippen LogP contribution in [0.5, 0.6) is 0 Å². The maximum absolute atomic E-state index is 13.6. The first-order chi connectivity index (χ1) is 13.9. The zero-order valence-electron chi connectivity index (χ0n) is 16.3. The van der Waals surface area contributed by atoms with Crippen molar-refractivity contribution >= 4 is 41.5 Å². The summed E-state index contributed by atoms with van der Waals surface area (Å²) in [7, 11) is 0. The smallest absolute Gasteiger partial charge is 0.246 e. The maximum Gasteiger partial charge on any atom is 0.246 e. The van der Waals surface area contributed by atoms with Crippen molar-refractivity contribution in [2.45, 2.75) is 19.4 Å². The Labute approximate surface area is 190 Å². The van der Waals surface area contributed by atoms with E-state index in [-0.39, 0.29) is 30.5 Å². The molecule has 1 atom stereocenters. The number of guanidine groups is 1. The minimum absolute atomic E-state index is 0. The highest BCUT2D eigenvalue weighted by Gasteiger charge is 2.15. The molecule has 1 amide bonds. The molecule has 0 saturated carbocycles. The molecule has 0 spiro atoms. The molecule has 1 unspecified atom stereocenters. The summed E-state index contributed by atoms with van der Waals surface area (Å²) < 4.78 is 39.8. The van der Waals surface area contributed by atoms with Crippen LogP contribution in [0, 0.1) is 17.5 Å². The van der Waals surface area contributed by atoms with Crippen LogP contribution in [0.2, 0.25) is 0 Å². The fraction of sp³-hybridized carbons (Fsp3) is 0.300. The topological polar surface area (TPSA) is 85.8 Å². The van der Waals surface area contributed by atoms with E-state index < -0.39 is 35.2 Å². The van der Waals surface area contributed by atoms with Crippen LogP contribution in [0.1, 0.15) is 25.0 Å². The van der Waals surface area contributed by atoms with Crippen LogP contribution >= 0.6 is 24.0 Å². The van der Waals surface area contributed by atoms with Gasteiger partial charge < -0.3 is 21.1 Å². The Morgan fingerprint density at radius 1 is 1.07 bits per heavy atom. The fourth-order valence-electron chi connectivity index (χ4n) is 2.47. The monoisotopic (exact) mass is 536 g/mol. The van der Waals surface area contributed by atoms with Gasteiger partial charge in [0.25, 0.3) is 0 Å². The van der Waals surface area contributed by atoms with Gasteiger partial charge in [-0.05, 0) is 31.0 Å². The summed E-state index contributed by atoms with van der Waals surface area (Å²) in [6.07, 6.45) is -0.230. The van der Waals surface area contributed by atoms with Crippen molar-refractivity contribution in [3.8, 4) is 0 Å². The van der Waals surface area contributed by atoms with Gasteiger partial charge in [0.2, 0.25) is 5.91 Å². The number of nitrogens with one attached hydrogen (secondary N) is 3. The normalized spacial score (nSPS) is 12.0. The van der Waals surface area contributed by atoms with Crippen molar-refractivity contribution < 1.29 is 23.1 Å². The van der Waals surface area contributed by atoms with Gasteiger partial charge >= 0.3 is 0 Å². The molecule has 2 rings (SSSR count). The number of aliphatic hydroxyl groups excluding tert-OH is 1. The minimum atomic E-state index is -1.65. The third-order valence-electron chi connectivity index (χ3n) is 3.93. The number of halogens is 4. The Morgan fingerprint density at radius 2 is 1.77 bits per heavy atom. The van der Waals surface area contributed by atoms with Crippen LogP contribution < -0.4 is 16.0 Å². The van der Waals surface area contributed by atoms with Gasteiger partial charge in [0.05, 0.1) is 11.8 Å². The molecule has 10 heteroatoms. The molecule has 30 heavy (non-hydrogen) atoms. The number of anilines is 1. The van der Waals surface area contributed by atoms with Gasteiger partial charge in [0.1, 0.15) is 6.54 Å². The van der Waals surface area contributed by atoms with Crippen molar-refractivity contribution in [1.29, 1.82) is 0 Å². The van der Waals surface area contributed by atoms with Crippen LogP contribution in [0.3, 0.4) is 0 Å². The summed E-state index contributed by atoms with van der Waals surface area (Å²) in [5, 5.41) is 18.2. The minimum Gasteiger partial charge on any atom is -0.388 e. The zero-order valence-corrected chi connectivity index (χ0v) is 18.6. The van der Waals surface area contributed by atoms with E-state index in [9.17, 15) is 23.1 Å². The third kappa shape index (κ3) is 7.82. The Kier molecular flexibility index (Phi) is 11.2. The van der Waals surface area contributed by atoms with Crippen LogP contribution in [0.25, 0.3) is 0 Å². The molecule has 2 aromatic rings. The summed E-state index contributed by atoms with van der Waals surface area (Å²) in [5.41, 5.74) is 0.331. The number of aliphatic imine (C=N–C) groups is 1. The molecule has 0 aliphatic carbocycles. The van der Waals surface area contributed by atoms with E-state index in [1.165, 1.54) is 0 Å². The highest BCUT2D eigenvalue weighted by molar-refractivity contribution is 14.0. The van der Waals surface area contributed by atoms with Gasteiger partial charge in [-0.1, -0.05) is 30.3 Å². The van der Waals surface area contributed by atoms with E-state index in [1.807, 2.05) is 37.3 Å². The number of aliphatic hydroxyl groups is 1. The van der Waals surface area contributed by atoms with Crippen LogP contribution in [-0.4, -0.2) is 36.6 Å². The van der Waals surface area contributed by atoms with E-state index in [4.69, 9.17) is 0 Å². The molecule has 0 saturated heterocycles. The average Bonchev–Trinajstić information content (AvgIpc) is 2.73. The lowest BCUT2D eigenvalue weighted by Crippen LogP contribution is -2.38. The second kappa shape index (κ2) is 13.1. The molecule has 0 aromatic heterocycles. The van der Waals surface area contributed by atoms with Gasteiger partial charge in [0, 0.05) is 13.1 Å².